The van der Waals surface area contributed by atoms with Crippen LogP contribution in [0.3, 0.4) is 0 Å². The molecular formula is C20H23N3O2S. The summed E-state index contributed by atoms with van der Waals surface area (Å²) in [6, 6.07) is 12.3. The fourth-order valence-electron chi connectivity index (χ4n) is 3.49. The van der Waals surface area contributed by atoms with Crippen LogP contribution in [0.2, 0.25) is 0 Å². The molecule has 2 aromatic rings. The maximum Gasteiger partial charge on any atom is 0.263 e. The van der Waals surface area contributed by atoms with E-state index >= 15 is 0 Å². The lowest BCUT2D eigenvalue weighted by Crippen LogP contribution is -2.36. The van der Waals surface area contributed by atoms with Gasteiger partial charge >= 0.3 is 0 Å². The van der Waals surface area contributed by atoms with Gasteiger partial charge in [-0.1, -0.05) is 35.5 Å². The van der Waals surface area contributed by atoms with E-state index in [2.05, 4.69) is 28.3 Å². The number of amides is 1. The zero-order chi connectivity index (χ0) is 18.1. The molecule has 0 fully saturated rings. The van der Waals surface area contributed by atoms with Crippen LogP contribution in [0, 0.1) is 0 Å². The third-order valence-electron chi connectivity index (χ3n) is 4.86. The minimum atomic E-state index is 0.0935. The summed E-state index contributed by atoms with van der Waals surface area (Å²) < 4.78 is 0. The molecule has 6 heteroatoms. The SMILES string of the molecule is CN(C)C(=O)c1cc2c(s1)CCN(C[C@H]1CC(c3ccccc3)=NO1)C2. The molecule has 26 heavy (non-hydrogen) atoms. The van der Waals surface area contributed by atoms with Crippen LogP contribution in [0.1, 0.15) is 32.1 Å². The van der Waals surface area contributed by atoms with Crippen molar-refractivity contribution >= 4 is 23.0 Å². The number of nitrogens with zero attached hydrogens (tertiary/aromatic N) is 3. The van der Waals surface area contributed by atoms with Crippen LogP contribution in [-0.2, 0) is 17.8 Å². The summed E-state index contributed by atoms with van der Waals surface area (Å²) in [4.78, 5) is 24.1. The van der Waals surface area contributed by atoms with E-state index in [1.54, 1.807) is 30.3 Å². The topological polar surface area (TPSA) is 45.1 Å². The number of oxime groups is 1. The maximum atomic E-state index is 12.2. The van der Waals surface area contributed by atoms with Crippen LogP contribution >= 0.6 is 11.3 Å². The van der Waals surface area contributed by atoms with E-state index in [9.17, 15) is 4.79 Å². The first kappa shape index (κ1) is 17.2. The van der Waals surface area contributed by atoms with Crippen LogP contribution in [0.15, 0.2) is 41.6 Å². The Morgan fingerprint density at radius 3 is 2.92 bits per heavy atom. The number of benzene rings is 1. The van der Waals surface area contributed by atoms with E-state index < -0.39 is 0 Å². The molecule has 0 unspecified atom stereocenters. The molecule has 0 N–H and O–H groups in total. The highest BCUT2D eigenvalue weighted by atomic mass is 32.1. The molecule has 4 rings (SSSR count). The van der Waals surface area contributed by atoms with Gasteiger partial charge in [-0.05, 0) is 23.6 Å². The molecule has 5 nitrogen and oxygen atoms in total. The highest BCUT2D eigenvalue weighted by molar-refractivity contribution is 7.14. The number of carbonyl (C=O) groups excluding carboxylic acids is 1. The molecule has 1 amide bonds. The molecule has 2 aliphatic rings. The van der Waals surface area contributed by atoms with Crippen molar-refractivity contribution in [1.29, 1.82) is 0 Å². The normalized spacial score (nSPS) is 19.6. The fourth-order valence-corrected chi connectivity index (χ4v) is 4.67. The maximum absolute atomic E-state index is 12.2. The van der Waals surface area contributed by atoms with Crippen LogP contribution in [0.25, 0.3) is 0 Å². The monoisotopic (exact) mass is 369 g/mol. The Balaban J connectivity index is 1.36. The highest BCUT2D eigenvalue weighted by Crippen LogP contribution is 2.29. The van der Waals surface area contributed by atoms with Gasteiger partial charge in [0.15, 0.2) is 0 Å². The highest BCUT2D eigenvalue weighted by Gasteiger charge is 2.27. The van der Waals surface area contributed by atoms with E-state index in [1.165, 1.54) is 10.4 Å². The van der Waals surface area contributed by atoms with Crippen molar-refractivity contribution in [3.8, 4) is 0 Å². The van der Waals surface area contributed by atoms with Gasteiger partial charge in [0.2, 0.25) is 0 Å². The van der Waals surface area contributed by atoms with Gasteiger partial charge in [-0.3, -0.25) is 9.69 Å². The molecule has 3 heterocycles. The standard InChI is InChI=1S/C20H23N3O2S/c1-22(2)20(24)19-10-15-12-23(9-8-18(15)26-19)13-16-11-17(21-25-16)14-6-4-3-5-7-14/h3-7,10,16H,8-9,11-13H2,1-2H3/t16-/m1/s1. The summed E-state index contributed by atoms with van der Waals surface area (Å²) in [6.07, 6.45) is 1.95. The number of carbonyl (C=O) groups is 1. The zero-order valence-corrected chi connectivity index (χ0v) is 16.0. The number of hydrogen-bond donors (Lipinski definition) is 0. The molecule has 1 aromatic heterocycles. The first-order chi connectivity index (χ1) is 12.6. The fraction of sp³-hybridized carbons (Fsp3) is 0.400. The summed E-state index contributed by atoms with van der Waals surface area (Å²) in [7, 11) is 3.60. The van der Waals surface area contributed by atoms with Gasteiger partial charge in [0, 0.05) is 45.0 Å². The lowest BCUT2D eigenvalue weighted by molar-refractivity contribution is 0.0490. The Labute approximate surface area is 157 Å². The average molecular weight is 369 g/mol. The average Bonchev–Trinajstić information content (AvgIpc) is 3.28. The summed E-state index contributed by atoms with van der Waals surface area (Å²) in [6.45, 7) is 2.75. The number of thiophene rings is 1. The first-order valence-corrected chi connectivity index (χ1v) is 9.75. The van der Waals surface area contributed by atoms with Crippen molar-refractivity contribution in [3.63, 3.8) is 0 Å². The molecule has 1 atom stereocenters. The minimum absolute atomic E-state index is 0.0935. The lowest BCUT2D eigenvalue weighted by atomic mass is 10.0. The molecule has 1 aromatic carbocycles. The van der Waals surface area contributed by atoms with Crippen molar-refractivity contribution in [2.75, 3.05) is 27.2 Å². The second-order valence-electron chi connectivity index (χ2n) is 7.08. The van der Waals surface area contributed by atoms with Crippen LogP contribution < -0.4 is 0 Å². The first-order valence-electron chi connectivity index (χ1n) is 8.94. The van der Waals surface area contributed by atoms with Crippen LogP contribution in [0.5, 0.6) is 0 Å². The van der Waals surface area contributed by atoms with E-state index in [0.29, 0.717) is 0 Å². The van der Waals surface area contributed by atoms with Gasteiger partial charge in [-0.2, -0.15) is 0 Å². The molecule has 0 radical (unpaired) electrons. The van der Waals surface area contributed by atoms with Crippen molar-refractivity contribution in [3.05, 3.63) is 57.3 Å². The molecule has 0 saturated heterocycles. The molecule has 0 saturated carbocycles. The number of rotatable bonds is 4. The van der Waals surface area contributed by atoms with Gasteiger partial charge in [0.25, 0.3) is 5.91 Å². The van der Waals surface area contributed by atoms with E-state index in [1.807, 2.05) is 18.2 Å². The summed E-state index contributed by atoms with van der Waals surface area (Å²) in [5.74, 6) is 0.0935. The lowest BCUT2D eigenvalue weighted by Gasteiger charge is -2.28. The predicted octanol–water partition coefficient (Wildman–Crippen LogP) is 3.00. The van der Waals surface area contributed by atoms with Gasteiger partial charge in [-0.15, -0.1) is 11.3 Å². The zero-order valence-electron chi connectivity index (χ0n) is 15.1. The van der Waals surface area contributed by atoms with Crippen molar-refractivity contribution in [2.45, 2.75) is 25.5 Å². The Hall–Kier alpha value is -2.18. The third kappa shape index (κ3) is 3.52. The quantitative estimate of drug-likeness (QED) is 0.832. The molecule has 0 bridgehead atoms. The van der Waals surface area contributed by atoms with Crippen molar-refractivity contribution in [1.82, 2.24) is 9.80 Å². The van der Waals surface area contributed by atoms with Crippen LogP contribution in [0.4, 0.5) is 0 Å². The third-order valence-corrected chi connectivity index (χ3v) is 6.09. The van der Waals surface area contributed by atoms with Gasteiger partial charge in [0.1, 0.15) is 6.10 Å². The molecule has 0 spiro atoms. The Bertz CT molecular complexity index is 829. The van der Waals surface area contributed by atoms with E-state index in [0.717, 1.165) is 48.6 Å². The summed E-state index contributed by atoms with van der Waals surface area (Å²) in [5.41, 5.74) is 3.46. The van der Waals surface area contributed by atoms with Crippen LogP contribution in [-0.4, -0.2) is 54.7 Å². The predicted molar refractivity (Wildman–Crippen MR) is 104 cm³/mol. The second-order valence-corrected chi connectivity index (χ2v) is 8.22. The van der Waals surface area contributed by atoms with Gasteiger partial charge < -0.3 is 9.74 Å². The van der Waals surface area contributed by atoms with E-state index in [4.69, 9.17) is 4.84 Å². The minimum Gasteiger partial charge on any atom is -0.390 e. The Morgan fingerprint density at radius 1 is 1.35 bits per heavy atom. The largest absolute Gasteiger partial charge is 0.390 e. The van der Waals surface area contributed by atoms with Gasteiger partial charge in [-0.25, -0.2) is 0 Å². The smallest absolute Gasteiger partial charge is 0.263 e. The number of fused-ring (bicyclic) bond motifs is 1. The molecule has 2 aliphatic heterocycles. The Kier molecular flexibility index (Phi) is 4.78. The summed E-state index contributed by atoms with van der Waals surface area (Å²) >= 11 is 1.64. The molecular weight excluding hydrogens is 346 g/mol. The second kappa shape index (κ2) is 7.21. The number of hydrogen-bond acceptors (Lipinski definition) is 5. The van der Waals surface area contributed by atoms with Crippen molar-refractivity contribution < 1.29 is 9.63 Å². The molecule has 0 aliphatic carbocycles. The van der Waals surface area contributed by atoms with Gasteiger partial charge in [0.05, 0.1) is 10.6 Å². The Morgan fingerprint density at radius 2 is 2.15 bits per heavy atom. The van der Waals surface area contributed by atoms with Crippen molar-refractivity contribution in [2.24, 2.45) is 5.16 Å². The summed E-state index contributed by atoms with van der Waals surface area (Å²) in [5, 5.41) is 4.29. The molecule has 136 valence electrons. The van der Waals surface area contributed by atoms with E-state index in [-0.39, 0.29) is 12.0 Å².